The molecular formula is C23H24Cl2N6O2. The molecule has 0 atom stereocenters. The third-order valence-electron chi connectivity index (χ3n) is 6.13. The lowest BCUT2D eigenvalue weighted by molar-refractivity contribution is -0.132. The Kier molecular flexibility index (Phi) is 6.43. The fourth-order valence-corrected chi connectivity index (χ4v) is 4.52. The van der Waals surface area contributed by atoms with Crippen molar-refractivity contribution in [2.24, 2.45) is 7.05 Å². The zero-order valence-corrected chi connectivity index (χ0v) is 19.9. The van der Waals surface area contributed by atoms with Crippen LogP contribution in [-0.2, 0) is 18.3 Å². The minimum Gasteiger partial charge on any atom is -0.340 e. The van der Waals surface area contributed by atoms with E-state index in [9.17, 15) is 9.59 Å². The first kappa shape index (κ1) is 23.2. The number of aromatic nitrogens is 4. The van der Waals surface area contributed by atoms with Crippen LogP contribution in [0.1, 0.15) is 5.69 Å². The number of carbonyl (C=O) groups is 1. The summed E-state index contributed by atoms with van der Waals surface area (Å²) in [6.07, 6.45) is 3.35. The van der Waals surface area contributed by atoms with E-state index in [-0.39, 0.29) is 30.3 Å². The predicted molar refractivity (Wildman–Crippen MR) is 132 cm³/mol. The summed E-state index contributed by atoms with van der Waals surface area (Å²) in [5.41, 5.74) is 2.17. The molecule has 1 aliphatic heterocycles. The Labute approximate surface area is 201 Å². The maximum atomic E-state index is 13.5. The molecule has 8 nitrogen and oxygen atoms in total. The van der Waals surface area contributed by atoms with Crippen molar-refractivity contribution in [3.05, 3.63) is 63.8 Å². The number of fused-ring (bicyclic) bond motifs is 3. The maximum Gasteiger partial charge on any atom is 0.296 e. The summed E-state index contributed by atoms with van der Waals surface area (Å²) < 4.78 is 3.17. The first-order valence-electron chi connectivity index (χ1n) is 10.5. The topological polar surface area (TPSA) is 76.3 Å². The average molecular weight is 487 g/mol. The summed E-state index contributed by atoms with van der Waals surface area (Å²) in [6.45, 7) is 3.06. The SMILES string of the molecule is CN1CCN(C(=O)Cc2nn(-c3cccnc3)c(=O)c3c2c2ccc(Cl)cc2n3C)CC1.Cl. The predicted octanol–water partition coefficient (Wildman–Crippen LogP) is 2.66. The van der Waals surface area contributed by atoms with Crippen molar-refractivity contribution in [3.63, 3.8) is 0 Å². The molecule has 0 unspecified atom stereocenters. The van der Waals surface area contributed by atoms with Crippen LogP contribution in [0.15, 0.2) is 47.5 Å². The molecule has 0 aliphatic carbocycles. The molecule has 1 aromatic carbocycles. The molecule has 10 heteroatoms. The van der Waals surface area contributed by atoms with Gasteiger partial charge >= 0.3 is 0 Å². The largest absolute Gasteiger partial charge is 0.340 e. The Morgan fingerprint density at radius 3 is 2.58 bits per heavy atom. The number of amides is 1. The molecule has 0 saturated carbocycles. The van der Waals surface area contributed by atoms with E-state index < -0.39 is 0 Å². The highest BCUT2D eigenvalue weighted by Crippen LogP contribution is 2.31. The lowest BCUT2D eigenvalue weighted by Crippen LogP contribution is -2.47. The van der Waals surface area contributed by atoms with E-state index in [0.717, 1.165) is 24.0 Å². The molecule has 4 heterocycles. The first-order valence-corrected chi connectivity index (χ1v) is 10.9. The molecular weight excluding hydrogens is 463 g/mol. The van der Waals surface area contributed by atoms with Gasteiger partial charge in [0.2, 0.25) is 5.91 Å². The Bertz CT molecular complexity index is 1390. The molecule has 0 bridgehead atoms. The number of benzene rings is 1. The van der Waals surface area contributed by atoms with Crippen molar-refractivity contribution in [3.8, 4) is 5.69 Å². The number of hydrogen-bond acceptors (Lipinski definition) is 5. The minimum absolute atomic E-state index is 0. The maximum absolute atomic E-state index is 13.5. The van der Waals surface area contributed by atoms with Gasteiger partial charge in [0.05, 0.1) is 29.5 Å². The third-order valence-corrected chi connectivity index (χ3v) is 6.37. The average Bonchev–Trinajstić information content (AvgIpc) is 3.09. The summed E-state index contributed by atoms with van der Waals surface area (Å²) in [5.74, 6) is 0.00857. The highest BCUT2D eigenvalue weighted by atomic mass is 35.5. The van der Waals surface area contributed by atoms with Crippen LogP contribution in [0, 0.1) is 0 Å². The third kappa shape index (κ3) is 4.10. The van der Waals surface area contributed by atoms with Crippen LogP contribution < -0.4 is 5.56 Å². The number of carbonyl (C=O) groups excluding carboxylic acids is 1. The van der Waals surface area contributed by atoms with E-state index >= 15 is 0 Å². The molecule has 4 aromatic rings. The van der Waals surface area contributed by atoms with Crippen molar-refractivity contribution >= 4 is 51.7 Å². The van der Waals surface area contributed by atoms with Gasteiger partial charge < -0.3 is 14.4 Å². The zero-order valence-electron chi connectivity index (χ0n) is 18.4. The summed E-state index contributed by atoms with van der Waals surface area (Å²) in [6, 6.07) is 9.04. The van der Waals surface area contributed by atoms with Crippen molar-refractivity contribution in [2.75, 3.05) is 33.2 Å². The van der Waals surface area contributed by atoms with E-state index in [2.05, 4.69) is 22.0 Å². The van der Waals surface area contributed by atoms with E-state index in [1.54, 1.807) is 30.6 Å². The monoisotopic (exact) mass is 486 g/mol. The second-order valence-corrected chi connectivity index (χ2v) is 8.62. The molecule has 33 heavy (non-hydrogen) atoms. The highest BCUT2D eigenvalue weighted by Gasteiger charge is 2.24. The Balaban J connectivity index is 0.00000259. The second-order valence-electron chi connectivity index (χ2n) is 8.18. The van der Waals surface area contributed by atoms with Gasteiger partial charge in [-0.15, -0.1) is 12.4 Å². The second kappa shape index (κ2) is 9.13. The van der Waals surface area contributed by atoms with Gasteiger partial charge in [-0.05, 0) is 31.3 Å². The minimum atomic E-state index is -0.265. The number of nitrogens with zero attached hydrogens (tertiary/aromatic N) is 6. The number of halogens is 2. The van der Waals surface area contributed by atoms with Crippen molar-refractivity contribution in [2.45, 2.75) is 6.42 Å². The van der Waals surface area contributed by atoms with E-state index in [1.807, 2.05) is 28.6 Å². The quantitative estimate of drug-likeness (QED) is 0.444. The summed E-state index contributed by atoms with van der Waals surface area (Å²) in [7, 11) is 3.89. The van der Waals surface area contributed by atoms with Gasteiger partial charge in [0, 0.05) is 55.2 Å². The van der Waals surface area contributed by atoms with Crippen LogP contribution in [0.5, 0.6) is 0 Å². The van der Waals surface area contributed by atoms with Crippen LogP contribution in [-0.4, -0.2) is 68.3 Å². The number of rotatable bonds is 3. The highest BCUT2D eigenvalue weighted by molar-refractivity contribution is 6.31. The molecule has 1 aliphatic rings. The van der Waals surface area contributed by atoms with Crippen molar-refractivity contribution < 1.29 is 4.79 Å². The molecule has 1 fully saturated rings. The Morgan fingerprint density at radius 2 is 1.88 bits per heavy atom. The molecule has 5 rings (SSSR count). The zero-order chi connectivity index (χ0) is 22.4. The molecule has 172 valence electrons. The smallest absolute Gasteiger partial charge is 0.296 e. The standard InChI is InChI=1S/C23H23ClN6O2.ClH/c1-27-8-10-29(11-9-27)20(31)13-18-21-17-6-5-15(24)12-19(17)28(2)22(21)23(32)30(26-18)16-4-3-7-25-14-16;/h3-7,12,14H,8-11,13H2,1-2H3;1H. The van der Waals surface area contributed by atoms with Crippen LogP contribution >= 0.6 is 24.0 Å². The van der Waals surface area contributed by atoms with Crippen LogP contribution in [0.4, 0.5) is 0 Å². The Morgan fingerprint density at radius 1 is 1.12 bits per heavy atom. The van der Waals surface area contributed by atoms with Gasteiger partial charge in [-0.3, -0.25) is 14.6 Å². The number of pyridine rings is 1. The first-order chi connectivity index (χ1) is 15.4. The fraction of sp³-hybridized carbons (Fsp3) is 0.304. The molecule has 0 spiro atoms. The summed E-state index contributed by atoms with van der Waals surface area (Å²) in [4.78, 5) is 34.9. The van der Waals surface area contributed by atoms with Crippen molar-refractivity contribution in [1.29, 1.82) is 0 Å². The lowest BCUT2D eigenvalue weighted by Gasteiger charge is -2.32. The molecule has 1 saturated heterocycles. The normalized spacial score (nSPS) is 14.6. The van der Waals surface area contributed by atoms with Gasteiger partial charge in [0.1, 0.15) is 5.52 Å². The molecule has 0 radical (unpaired) electrons. The summed E-state index contributed by atoms with van der Waals surface area (Å²) in [5, 5.41) is 6.81. The lowest BCUT2D eigenvalue weighted by atomic mass is 10.1. The van der Waals surface area contributed by atoms with Crippen LogP contribution in [0.25, 0.3) is 27.5 Å². The number of likely N-dealkylation sites (N-methyl/N-ethyl adjacent to an activating group) is 1. The van der Waals surface area contributed by atoms with E-state index in [0.29, 0.717) is 40.4 Å². The molecule has 3 aromatic heterocycles. The van der Waals surface area contributed by atoms with Gasteiger partial charge in [-0.25, -0.2) is 0 Å². The Hall–Kier alpha value is -2.94. The van der Waals surface area contributed by atoms with Gasteiger partial charge in [-0.2, -0.15) is 9.78 Å². The van der Waals surface area contributed by atoms with Gasteiger partial charge in [-0.1, -0.05) is 17.7 Å². The van der Waals surface area contributed by atoms with Gasteiger partial charge in [0.15, 0.2) is 0 Å². The molecule has 0 N–H and O–H groups in total. The number of hydrogen-bond donors (Lipinski definition) is 0. The molecule has 1 amide bonds. The number of aryl methyl sites for hydroxylation is 1. The van der Waals surface area contributed by atoms with Crippen molar-refractivity contribution in [1.82, 2.24) is 29.1 Å². The fourth-order valence-electron chi connectivity index (χ4n) is 4.36. The number of piperazine rings is 1. The van der Waals surface area contributed by atoms with E-state index in [1.165, 1.54) is 4.68 Å². The van der Waals surface area contributed by atoms with Gasteiger partial charge in [0.25, 0.3) is 5.56 Å². The van der Waals surface area contributed by atoms with Crippen LogP contribution in [0.3, 0.4) is 0 Å². The summed E-state index contributed by atoms with van der Waals surface area (Å²) >= 11 is 6.24. The van der Waals surface area contributed by atoms with E-state index in [4.69, 9.17) is 11.6 Å². The van der Waals surface area contributed by atoms with Crippen LogP contribution in [0.2, 0.25) is 5.02 Å².